The maximum atomic E-state index is 11.9. The molecule has 0 fully saturated rings. The molecular weight excluding hydrogens is 234 g/mol. The Bertz CT molecular complexity index is 506. The first-order valence-electron chi connectivity index (χ1n) is 5.81. The van der Waals surface area contributed by atoms with E-state index in [0.717, 1.165) is 4.68 Å². The fourth-order valence-electron chi connectivity index (χ4n) is 1.44. The topological polar surface area (TPSA) is 73.2 Å². The number of nitrogens with zero attached hydrogens (tertiary/aromatic N) is 2. The van der Waals surface area contributed by atoms with Crippen molar-refractivity contribution >= 4 is 5.91 Å². The summed E-state index contributed by atoms with van der Waals surface area (Å²) < 4.78 is 1.15. The van der Waals surface area contributed by atoms with E-state index < -0.39 is 11.5 Å². The van der Waals surface area contributed by atoms with Crippen LogP contribution in [0.2, 0.25) is 0 Å². The monoisotopic (exact) mass is 253 g/mol. The number of nitrogens with one attached hydrogen (secondary N) is 1. The van der Waals surface area contributed by atoms with Gasteiger partial charge in [-0.2, -0.15) is 5.10 Å². The van der Waals surface area contributed by atoms with Crippen LogP contribution in [0.1, 0.15) is 35.5 Å². The van der Waals surface area contributed by atoms with Gasteiger partial charge in [-0.3, -0.25) is 14.4 Å². The van der Waals surface area contributed by atoms with Crippen molar-refractivity contribution in [3.05, 3.63) is 27.2 Å². The summed E-state index contributed by atoms with van der Waals surface area (Å²) in [5.74, 6) is -0.229. The highest BCUT2D eigenvalue weighted by Crippen LogP contribution is 2.05. The molecule has 0 bridgehead atoms. The van der Waals surface area contributed by atoms with Crippen LogP contribution in [-0.2, 0) is 11.9 Å². The van der Waals surface area contributed by atoms with Gasteiger partial charge in [0.15, 0.2) is 0 Å². The van der Waals surface area contributed by atoms with Crippen LogP contribution in [0.25, 0.3) is 0 Å². The van der Waals surface area contributed by atoms with Crippen LogP contribution in [0.5, 0.6) is 0 Å². The smallest absolute Gasteiger partial charge is 0.273 e. The molecule has 1 heterocycles. The molecule has 0 unspecified atom stereocenters. The van der Waals surface area contributed by atoms with Gasteiger partial charge >= 0.3 is 0 Å². The molecule has 0 atom stereocenters. The van der Waals surface area contributed by atoms with Crippen LogP contribution in [0.3, 0.4) is 0 Å². The second kappa shape index (κ2) is 5.77. The minimum atomic E-state index is -0.528. The number of aromatic nitrogens is 2. The molecule has 100 valence electrons. The third-order valence-electron chi connectivity index (χ3n) is 2.53. The summed E-state index contributed by atoms with van der Waals surface area (Å²) in [6, 6.07) is 0. The Morgan fingerprint density at radius 1 is 1.44 bits per heavy atom. The van der Waals surface area contributed by atoms with Crippen LogP contribution in [-0.4, -0.2) is 22.3 Å². The molecule has 1 aromatic heterocycles. The zero-order valence-electron chi connectivity index (χ0n) is 11.4. The van der Waals surface area contributed by atoms with E-state index in [9.17, 15) is 9.59 Å². The van der Waals surface area contributed by atoms with Gasteiger partial charge in [-0.05, 0) is 25.3 Å². The zero-order chi connectivity index (χ0) is 13.9. The summed E-state index contributed by atoms with van der Waals surface area (Å²) in [6.07, 6.45) is 0. The Labute approximate surface area is 106 Å². The van der Waals surface area contributed by atoms with Crippen LogP contribution >= 0.6 is 0 Å². The minimum absolute atomic E-state index is 0.0776. The number of carbonyl (C=O) groups excluding carboxylic acids is 1. The average Bonchev–Trinajstić information content (AvgIpc) is 2.26. The van der Waals surface area contributed by atoms with E-state index in [0.29, 0.717) is 23.8 Å². The number of amides is 1. The van der Waals surface area contributed by atoms with E-state index in [4.69, 9.17) is 4.84 Å². The van der Waals surface area contributed by atoms with Crippen LogP contribution in [0.4, 0.5) is 0 Å². The van der Waals surface area contributed by atoms with Crippen molar-refractivity contribution in [1.29, 1.82) is 0 Å². The van der Waals surface area contributed by atoms with E-state index in [-0.39, 0.29) is 5.56 Å². The first kappa shape index (κ1) is 14.4. The first-order valence-corrected chi connectivity index (χ1v) is 5.81. The second-order valence-electron chi connectivity index (χ2n) is 4.65. The summed E-state index contributed by atoms with van der Waals surface area (Å²) in [5, 5.41) is 4.01. The standard InChI is InChI=1S/C12H19N3O3/c1-7(2)6-18-14-11(16)10-8(3)9(4)13-15(5)12(10)17/h7H,6H2,1-5H3,(H,14,16). The van der Waals surface area contributed by atoms with Crippen LogP contribution in [0.15, 0.2) is 4.79 Å². The van der Waals surface area contributed by atoms with Crippen molar-refractivity contribution in [1.82, 2.24) is 15.3 Å². The molecule has 0 saturated heterocycles. The Hall–Kier alpha value is -1.69. The summed E-state index contributed by atoms with van der Waals surface area (Å²) in [4.78, 5) is 28.8. The summed E-state index contributed by atoms with van der Waals surface area (Å²) in [5.41, 5.74) is 3.15. The van der Waals surface area contributed by atoms with Gasteiger partial charge in [-0.15, -0.1) is 0 Å². The molecule has 0 aliphatic rings. The molecule has 1 amide bonds. The molecule has 0 radical (unpaired) electrons. The molecule has 0 aliphatic heterocycles. The number of hydrogen-bond acceptors (Lipinski definition) is 4. The van der Waals surface area contributed by atoms with Gasteiger partial charge in [0.2, 0.25) is 0 Å². The highest BCUT2D eigenvalue weighted by Gasteiger charge is 2.17. The Balaban J connectivity index is 2.96. The van der Waals surface area contributed by atoms with Crippen molar-refractivity contribution in [3.8, 4) is 0 Å². The Morgan fingerprint density at radius 2 is 2.06 bits per heavy atom. The third-order valence-corrected chi connectivity index (χ3v) is 2.53. The lowest BCUT2D eigenvalue weighted by Crippen LogP contribution is -2.35. The first-order chi connectivity index (χ1) is 8.34. The number of aryl methyl sites for hydroxylation is 2. The predicted molar refractivity (Wildman–Crippen MR) is 67.2 cm³/mol. The third kappa shape index (κ3) is 3.16. The molecule has 6 heteroatoms. The lowest BCUT2D eigenvalue weighted by Gasteiger charge is -2.11. The van der Waals surface area contributed by atoms with Gasteiger partial charge in [0.1, 0.15) is 5.56 Å². The Morgan fingerprint density at radius 3 is 2.61 bits per heavy atom. The van der Waals surface area contributed by atoms with E-state index in [2.05, 4.69) is 10.6 Å². The van der Waals surface area contributed by atoms with Gasteiger partial charge in [0.05, 0.1) is 12.3 Å². The van der Waals surface area contributed by atoms with E-state index >= 15 is 0 Å². The average molecular weight is 253 g/mol. The van der Waals surface area contributed by atoms with Gasteiger partial charge in [0, 0.05) is 7.05 Å². The molecule has 1 N–H and O–H groups in total. The summed E-state index contributed by atoms with van der Waals surface area (Å²) >= 11 is 0. The summed E-state index contributed by atoms with van der Waals surface area (Å²) in [7, 11) is 1.51. The highest BCUT2D eigenvalue weighted by molar-refractivity contribution is 5.94. The fraction of sp³-hybridized carbons (Fsp3) is 0.583. The lowest BCUT2D eigenvalue weighted by molar-refractivity contribution is 0.0206. The number of rotatable bonds is 4. The maximum absolute atomic E-state index is 11.9. The molecule has 18 heavy (non-hydrogen) atoms. The number of hydrogen-bond donors (Lipinski definition) is 1. The second-order valence-corrected chi connectivity index (χ2v) is 4.65. The van der Waals surface area contributed by atoms with Crippen LogP contribution < -0.4 is 11.0 Å². The van der Waals surface area contributed by atoms with Gasteiger partial charge in [0.25, 0.3) is 11.5 Å². The van der Waals surface area contributed by atoms with Crippen molar-refractivity contribution in [2.45, 2.75) is 27.7 Å². The normalized spacial score (nSPS) is 10.8. The molecule has 0 saturated carbocycles. The van der Waals surface area contributed by atoms with Crippen molar-refractivity contribution in [3.63, 3.8) is 0 Å². The van der Waals surface area contributed by atoms with Gasteiger partial charge in [-0.25, -0.2) is 10.2 Å². The molecule has 1 aromatic rings. The molecule has 0 aromatic carbocycles. The predicted octanol–water partition coefficient (Wildman–Crippen LogP) is 0.715. The molecule has 0 aliphatic carbocycles. The zero-order valence-corrected chi connectivity index (χ0v) is 11.4. The fourth-order valence-corrected chi connectivity index (χ4v) is 1.44. The molecular formula is C12H19N3O3. The SMILES string of the molecule is Cc1nn(C)c(=O)c(C(=O)NOCC(C)C)c1C. The minimum Gasteiger partial charge on any atom is -0.273 e. The highest BCUT2D eigenvalue weighted by atomic mass is 16.6. The largest absolute Gasteiger partial charge is 0.280 e. The molecule has 1 rings (SSSR count). The lowest BCUT2D eigenvalue weighted by atomic mass is 10.1. The number of carbonyl (C=O) groups is 1. The quantitative estimate of drug-likeness (QED) is 0.802. The van der Waals surface area contributed by atoms with Crippen molar-refractivity contribution < 1.29 is 9.63 Å². The van der Waals surface area contributed by atoms with Crippen molar-refractivity contribution in [2.75, 3.05) is 6.61 Å². The molecule has 6 nitrogen and oxygen atoms in total. The van der Waals surface area contributed by atoms with Gasteiger partial charge < -0.3 is 0 Å². The summed E-state index contributed by atoms with van der Waals surface area (Å²) in [6.45, 7) is 7.77. The van der Waals surface area contributed by atoms with E-state index in [1.807, 2.05) is 13.8 Å². The van der Waals surface area contributed by atoms with Crippen LogP contribution in [0, 0.1) is 19.8 Å². The van der Waals surface area contributed by atoms with E-state index in [1.54, 1.807) is 13.8 Å². The van der Waals surface area contributed by atoms with Gasteiger partial charge in [-0.1, -0.05) is 13.8 Å². The maximum Gasteiger partial charge on any atom is 0.280 e. The molecule has 0 spiro atoms. The van der Waals surface area contributed by atoms with Crippen molar-refractivity contribution in [2.24, 2.45) is 13.0 Å². The van der Waals surface area contributed by atoms with E-state index in [1.165, 1.54) is 7.05 Å². The number of hydroxylamine groups is 1. The Kier molecular flexibility index (Phi) is 4.61.